The fourth-order valence-electron chi connectivity index (χ4n) is 7.54. The van der Waals surface area contributed by atoms with Gasteiger partial charge in [-0.15, -0.1) is 10.2 Å². The minimum atomic E-state index is -4.05. The summed E-state index contributed by atoms with van der Waals surface area (Å²) >= 11 is 0. The lowest BCUT2D eigenvalue weighted by atomic mass is 9.98. The average Bonchev–Trinajstić information content (AvgIpc) is 3.99. The number of carbonyl (C=O) groups is 1. The van der Waals surface area contributed by atoms with Crippen molar-refractivity contribution >= 4 is 37.3 Å². The number of nitrogens with two attached hydrogens (primary N) is 1. The number of carbonyl (C=O) groups excluding carboxylic acids is 1. The molecule has 2 aromatic heterocycles. The first-order valence-corrected chi connectivity index (χ1v) is 20.5. The minimum absolute atomic E-state index is 0.292. The molecule has 2 heterocycles. The van der Waals surface area contributed by atoms with E-state index in [0.29, 0.717) is 0 Å². The van der Waals surface area contributed by atoms with Gasteiger partial charge in [0.15, 0.2) is 20.6 Å². The van der Waals surface area contributed by atoms with Gasteiger partial charge in [-0.05, 0) is 122 Å². The van der Waals surface area contributed by atoms with E-state index in [0.717, 1.165) is 93.0 Å². The van der Waals surface area contributed by atoms with Crippen LogP contribution in [0.2, 0.25) is 0 Å². The first-order valence-electron chi connectivity index (χ1n) is 17.3. The number of nitrogens with one attached hydrogen (secondary N) is 1. The molecule has 0 spiro atoms. The summed E-state index contributed by atoms with van der Waals surface area (Å²) in [5, 5.41) is 23.8. The second-order valence-electron chi connectivity index (χ2n) is 13.1. The van der Waals surface area contributed by atoms with Gasteiger partial charge < -0.3 is 14.9 Å². The number of nitriles is 2. The van der Waals surface area contributed by atoms with Crippen molar-refractivity contribution in [1.29, 1.82) is 10.5 Å². The van der Waals surface area contributed by atoms with Gasteiger partial charge in [0.2, 0.25) is 10.9 Å². The third-order valence-electron chi connectivity index (χ3n) is 9.71. The molecule has 0 atom stereocenters. The van der Waals surface area contributed by atoms with E-state index >= 15 is 0 Å². The average molecular weight is 766 g/mol. The fourth-order valence-corrected chi connectivity index (χ4v) is 9.27. The normalized spacial score (nSPS) is 14.6. The molecule has 54 heavy (non-hydrogen) atoms. The summed E-state index contributed by atoms with van der Waals surface area (Å²) in [4.78, 5) is 30.1. The highest BCUT2D eigenvalue weighted by molar-refractivity contribution is 7.92. The number of fused-ring (bicyclic) bond motifs is 4. The Morgan fingerprint density at radius 3 is 1.72 bits per heavy atom. The molecule has 1 amide bonds. The molecule has 0 saturated carbocycles. The van der Waals surface area contributed by atoms with Gasteiger partial charge in [-0.25, -0.2) is 31.9 Å². The molecule has 3 N–H and O–H groups in total. The number of anilines is 1. The molecule has 8 rings (SSSR count). The highest BCUT2D eigenvalue weighted by atomic mass is 32.2. The third-order valence-corrected chi connectivity index (χ3v) is 12.1. The lowest BCUT2D eigenvalue weighted by Gasteiger charge is -2.16. The molecule has 0 fully saturated rings. The van der Waals surface area contributed by atoms with Crippen molar-refractivity contribution in [1.82, 2.24) is 19.9 Å². The zero-order valence-electron chi connectivity index (χ0n) is 29.1. The molecule has 4 aliphatic rings. The molecule has 4 aliphatic carbocycles. The van der Waals surface area contributed by atoms with Gasteiger partial charge in [-0.2, -0.15) is 5.26 Å². The van der Waals surface area contributed by atoms with Crippen molar-refractivity contribution in [2.75, 3.05) is 11.1 Å². The van der Waals surface area contributed by atoms with E-state index in [2.05, 4.69) is 42.2 Å². The van der Waals surface area contributed by atoms with Crippen LogP contribution in [0, 0.1) is 29.4 Å². The van der Waals surface area contributed by atoms with Crippen molar-refractivity contribution < 1.29 is 26.4 Å². The van der Waals surface area contributed by atoms with Crippen LogP contribution in [0.3, 0.4) is 0 Å². The molecule has 4 aromatic rings. The summed E-state index contributed by atoms with van der Waals surface area (Å²) in [5.74, 6) is -0.773. The van der Waals surface area contributed by atoms with Gasteiger partial charge in [0, 0.05) is 18.1 Å². The number of aromatic nitrogens is 4. The Morgan fingerprint density at radius 2 is 1.24 bits per heavy atom. The van der Waals surface area contributed by atoms with Crippen LogP contribution in [0.15, 0.2) is 47.0 Å². The number of benzene rings is 2. The molecule has 15 nitrogen and oxygen atoms in total. The Balaban J connectivity index is 0.000000154. The van der Waals surface area contributed by atoms with Gasteiger partial charge in [0.1, 0.15) is 23.8 Å². The number of amides is 1. The van der Waals surface area contributed by atoms with E-state index in [-0.39, 0.29) is 11.5 Å². The van der Waals surface area contributed by atoms with E-state index < -0.39 is 41.6 Å². The maximum atomic E-state index is 12.6. The Hall–Kier alpha value is -5.80. The van der Waals surface area contributed by atoms with Gasteiger partial charge >= 0.3 is 5.82 Å². The molecule has 0 bridgehead atoms. The topological polar surface area (TPSA) is 236 Å². The summed E-state index contributed by atoms with van der Waals surface area (Å²) < 4.78 is 51.8. The quantitative estimate of drug-likeness (QED) is 0.210. The lowest BCUT2D eigenvalue weighted by molar-refractivity contribution is -0.113. The molecule has 2 aromatic carbocycles. The minimum Gasteiger partial charge on any atom is -0.387 e. The highest BCUT2D eigenvalue weighted by Crippen LogP contribution is 2.40. The van der Waals surface area contributed by atoms with Gasteiger partial charge in [0.05, 0.1) is 6.20 Å². The number of rotatable bonds is 6. The molecule has 0 radical (unpaired) electrons. The summed E-state index contributed by atoms with van der Waals surface area (Å²) in [5.41, 5.74) is 10.8. The van der Waals surface area contributed by atoms with Crippen LogP contribution >= 0.6 is 0 Å². The monoisotopic (exact) mass is 765 g/mol. The van der Waals surface area contributed by atoms with Crippen molar-refractivity contribution in [3.8, 4) is 18.1 Å². The maximum absolute atomic E-state index is 12.6. The SMILES string of the molecule is N#COc1c2c(cc3c1CCC3)CCC2.N#Cc1nccnc1S(N)(=O)=O.[C-]#[N+]c1nccnc1S(=O)(=O)CC(=O)Nc1c2c(cc3c1CCC3)CCC2. The largest absolute Gasteiger partial charge is 0.387 e. The number of hydrogen-bond acceptors (Lipinski definition) is 12. The van der Waals surface area contributed by atoms with Crippen LogP contribution in [0.4, 0.5) is 11.5 Å². The van der Waals surface area contributed by atoms with Gasteiger partial charge in [-0.3, -0.25) is 9.78 Å². The maximum Gasteiger partial charge on any atom is 0.307 e. The molecule has 17 heteroatoms. The number of hydrogen-bond donors (Lipinski definition) is 2. The zero-order valence-corrected chi connectivity index (χ0v) is 30.8. The number of sulfone groups is 1. The molecule has 0 saturated heterocycles. The number of primary sulfonamides is 1. The molecular formula is C37H35N9O6S2. The predicted octanol–water partition coefficient (Wildman–Crippen LogP) is 3.94. The molecule has 276 valence electrons. The first kappa shape index (κ1) is 37.9. The second kappa shape index (κ2) is 16.1. The number of ether oxygens (including phenoxy) is 1. The Kier molecular flexibility index (Phi) is 11.3. The second-order valence-corrected chi connectivity index (χ2v) is 16.5. The van der Waals surface area contributed by atoms with E-state index in [1.54, 1.807) is 6.07 Å². The summed E-state index contributed by atoms with van der Waals surface area (Å²) in [6.07, 6.45) is 19.5. The van der Waals surface area contributed by atoms with Crippen LogP contribution in [0.25, 0.3) is 4.85 Å². The molecule has 0 aliphatic heterocycles. The van der Waals surface area contributed by atoms with Crippen LogP contribution in [-0.2, 0) is 76.0 Å². The Labute approximate surface area is 313 Å². The Bertz CT molecular complexity index is 2440. The summed E-state index contributed by atoms with van der Waals surface area (Å²) in [6.45, 7) is 7.05. The van der Waals surface area contributed by atoms with Crippen LogP contribution in [-0.4, -0.2) is 48.4 Å². The van der Waals surface area contributed by atoms with Crippen molar-refractivity contribution in [3.05, 3.63) is 98.5 Å². The predicted molar refractivity (Wildman–Crippen MR) is 194 cm³/mol. The Morgan fingerprint density at radius 1 is 0.759 bits per heavy atom. The van der Waals surface area contributed by atoms with E-state index in [4.69, 9.17) is 27.0 Å². The van der Waals surface area contributed by atoms with Crippen LogP contribution in [0.1, 0.15) is 75.9 Å². The van der Waals surface area contributed by atoms with Crippen molar-refractivity contribution in [2.45, 2.75) is 87.1 Å². The van der Waals surface area contributed by atoms with Crippen LogP contribution in [0.5, 0.6) is 5.75 Å². The fraction of sp³-hybridized carbons (Fsp3) is 0.351. The molecular weight excluding hydrogens is 731 g/mol. The van der Waals surface area contributed by atoms with Crippen molar-refractivity contribution in [2.24, 2.45) is 5.14 Å². The molecule has 0 unspecified atom stereocenters. The van der Waals surface area contributed by atoms with E-state index in [1.165, 1.54) is 64.8 Å². The number of sulfonamides is 1. The zero-order chi connectivity index (χ0) is 38.5. The van der Waals surface area contributed by atoms with Gasteiger partial charge in [-0.1, -0.05) is 18.7 Å². The lowest BCUT2D eigenvalue weighted by Crippen LogP contribution is -2.25. The number of aryl methyl sites for hydroxylation is 4. The summed E-state index contributed by atoms with van der Waals surface area (Å²) in [6, 6.07) is 6.16. The third kappa shape index (κ3) is 8.06. The van der Waals surface area contributed by atoms with Gasteiger partial charge in [0.25, 0.3) is 16.3 Å². The van der Waals surface area contributed by atoms with Crippen LogP contribution < -0.4 is 15.2 Å². The smallest absolute Gasteiger partial charge is 0.307 e. The highest BCUT2D eigenvalue weighted by Gasteiger charge is 2.29. The van der Waals surface area contributed by atoms with E-state index in [1.807, 2.05) is 6.26 Å². The number of nitrogens with zero attached hydrogens (tertiary/aromatic N) is 7. The van der Waals surface area contributed by atoms with Crippen molar-refractivity contribution in [3.63, 3.8) is 0 Å². The standard InChI is InChI=1S/C19H18N4O3S.C13H13NO.C5H4N4O2S/c1-20-18-19(22-9-8-21-18)27(25,26)11-16(24)23-17-14-6-2-4-12(14)10-13-5-3-7-15(13)17;14-8-15-13-11-5-1-3-9(11)7-10-4-2-6-12(10)13;6-3-4-5(12(7,10)11)9-2-1-8-4/h8-10H,2-7,11H2,(H,23,24);7H,1-6H2;1-2H,(H2,7,10,11). The summed E-state index contributed by atoms with van der Waals surface area (Å²) in [7, 11) is -7.99. The first-order chi connectivity index (χ1) is 25.9. The van der Waals surface area contributed by atoms with E-state index in [9.17, 15) is 21.6 Å².